The van der Waals surface area contributed by atoms with E-state index in [1.54, 1.807) is 13.8 Å². The normalized spacial score (nSPS) is 11.3. The summed E-state index contributed by atoms with van der Waals surface area (Å²) in [5, 5.41) is -0.499. The smallest absolute Gasteiger partial charge is 0.264 e. The van der Waals surface area contributed by atoms with Crippen molar-refractivity contribution in [2.45, 2.75) is 33.3 Å². The molecule has 1 aromatic rings. The average molecular weight is 227 g/mol. The minimum atomic E-state index is -0.983. The molecule has 0 aliphatic carbocycles. The molecule has 0 aliphatic heterocycles. The van der Waals surface area contributed by atoms with Crippen molar-refractivity contribution in [3.63, 3.8) is 0 Å². The molecule has 1 rings (SSSR count). The number of halogens is 1. The van der Waals surface area contributed by atoms with Crippen LogP contribution in [0.15, 0.2) is 18.2 Å². The second-order valence-corrected chi connectivity index (χ2v) is 4.48. The van der Waals surface area contributed by atoms with Crippen molar-refractivity contribution in [3.8, 4) is 5.75 Å². The van der Waals surface area contributed by atoms with Crippen LogP contribution in [-0.2, 0) is 4.79 Å². The largest absolute Gasteiger partial charge is 0.479 e. The second-order valence-electron chi connectivity index (χ2n) is 4.13. The summed E-state index contributed by atoms with van der Waals surface area (Å²) >= 11 is 5.43. The van der Waals surface area contributed by atoms with Crippen LogP contribution >= 0.6 is 11.6 Å². The van der Waals surface area contributed by atoms with Crippen molar-refractivity contribution in [3.05, 3.63) is 29.3 Å². The van der Waals surface area contributed by atoms with Crippen molar-refractivity contribution >= 4 is 16.8 Å². The number of carbonyl (C=O) groups excluding carboxylic acids is 1. The van der Waals surface area contributed by atoms with Crippen LogP contribution < -0.4 is 4.74 Å². The zero-order valence-electron chi connectivity index (χ0n) is 9.43. The van der Waals surface area contributed by atoms with Crippen molar-refractivity contribution in [2.75, 3.05) is 0 Å². The Hall–Kier alpha value is -1.02. The van der Waals surface area contributed by atoms with Crippen LogP contribution in [0.5, 0.6) is 5.75 Å². The molecule has 0 N–H and O–H groups in total. The van der Waals surface area contributed by atoms with Crippen LogP contribution in [0.1, 0.15) is 25.0 Å². The minimum Gasteiger partial charge on any atom is -0.479 e. The highest BCUT2D eigenvalue weighted by Crippen LogP contribution is 2.22. The maximum atomic E-state index is 11.1. The van der Waals surface area contributed by atoms with E-state index in [1.165, 1.54) is 5.56 Å². The van der Waals surface area contributed by atoms with E-state index in [0.717, 1.165) is 5.56 Å². The monoisotopic (exact) mass is 226 g/mol. The van der Waals surface area contributed by atoms with E-state index in [9.17, 15) is 4.79 Å². The summed E-state index contributed by atoms with van der Waals surface area (Å²) in [6.45, 7) is 7.32. The lowest BCUT2D eigenvalue weighted by molar-refractivity contribution is -0.123. The molecule has 0 aromatic heterocycles. The van der Waals surface area contributed by atoms with Gasteiger partial charge in [0.05, 0.1) is 0 Å². The first-order valence-electron chi connectivity index (χ1n) is 4.79. The van der Waals surface area contributed by atoms with Gasteiger partial charge in [-0.05, 0) is 62.6 Å². The molecule has 82 valence electrons. The van der Waals surface area contributed by atoms with Gasteiger partial charge in [0, 0.05) is 0 Å². The van der Waals surface area contributed by atoms with E-state index in [0.29, 0.717) is 5.75 Å². The lowest BCUT2D eigenvalue weighted by Crippen LogP contribution is -2.34. The van der Waals surface area contributed by atoms with Crippen molar-refractivity contribution in [1.82, 2.24) is 0 Å². The third-order valence-corrected chi connectivity index (χ3v) is 2.78. The van der Waals surface area contributed by atoms with E-state index in [-0.39, 0.29) is 0 Å². The van der Waals surface area contributed by atoms with Gasteiger partial charge in [0.1, 0.15) is 5.75 Å². The SMILES string of the molecule is Cc1ccc(OC(C)(C)C(=O)Cl)cc1C. The Morgan fingerprint density at radius 1 is 1.27 bits per heavy atom. The Morgan fingerprint density at radius 2 is 1.87 bits per heavy atom. The fourth-order valence-electron chi connectivity index (χ4n) is 1.11. The standard InChI is InChI=1S/C12H15ClO2/c1-8-5-6-10(7-9(8)2)15-12(3,4)11(13)14/h5-7H,1-4H3. The minimum absolute atomic E-state index is 0.499. The highest BCUT2D eigenvalue weighted by atomic mass is 35.5. The number of hydrogen-bond acceptors (Lipinski definition) is 2. The van der Waals surface area contributed by atoms with Crippen molar-refractivity contribution in [1.29, 1.82) is 0 Å². The van der Waals surface area contributed by atoms with Gasteiger partial charge >= 0.3 is 0 Å². The van der Waals surface area contributed by atoms with Crippen LogP contribution in [0.3, 0.4) is 0 Å². The number of aryl methyl sites for hydroxylation is 2. The van der Waals surface area contributed by atoms with Gasteiger partial charge in [-0.25, -0.2) is 0 Å². The molecule has 15 heavy (non-hydrogen) atoms. The average Bonchev–Trinajstić information content (AvgIpc) is 2.10. The van der Waals surface area contributed by atoms with Gasteiger partial charge in [-0.1, -0.05) is 6.07 Å². The third kappa shape index (κ3) is 2.96. The number of benzene rings is 1. The summed E-state index contributed by atoms with van der Waals surface area (Å²) in [6, 6.07) is 5.69. The highest BCUT2D eigenvalue weighted by molar-refractivity contribution is 6.65. The predicted molar refractivity (Wildman–Crippen MR) is 61.5 cm³/mol. The maximum Gasteiger partial charge on any atom is 0.264 e. The van der Waals surface area contributed by atoms with E-state index in [1.807, 2.05) is 32.0 Å². The van der Waals surface area contributed by atoms with E-state index in [4.69, 9.17) is 16.3 Å². The highest BCUT2D eigenvalue weighted by Gasteiger charge is 2.27. The summed E-state index contributed by atoms with van der Waals surface area (Å²) in [7, 11) is 0. The van der Waals surface area contributed by atoms with E-state index in [2.05, 4.69) is 0 Å². The molecular weight excluding hydrogens is 212 g/mol. The lowest BCUT2D eigenvalue weighted by Gasteiger charge is -2.22. The fourth-order valence-corrected chi connectivity index (χ4v) is 1.15. The number of hydrogen-bond donors (Lipinski definition) is 0. The van der Waals surface area contributed by atoms with E-state index < -0.39 is 10.8 Å². The Morgan fingerprint density at radius 3 is 2.33 bits per heavy atom. The quantitative estimate of drug-likeness (QED) is 0.740. The topological polar surface area (TPSA) is 26.3 Å². The summed E-state index contributed by atoms with van der Waals surface area (Å²) in [5.74, 6) is 0.664. The Kier molecular flexibility index (Phi) is 3.40. The molecule has 0 spiro atoms. The molecule has 0 heterocycles. The van der Waals surface area contributed by atoms with Crippen molar-refractivity contribution in [2.24, 2.45) is 0 Å². The molecule has 0 bridgehead atoms. The molecule has 0 saturated carbocycles. The Labute approximate surface area is 95.2 Å². The Bertz CT molecular complexity index is 383. The molecule has 3 heteroatoms. The molecule has 0 aliphatic rings. The number of rotatable bonds is 3. The number of ether oxygens (including phenoxy) is 1. The van der Waals surface area contributed by atoms with E-state index >= 15 is 0 Å². The lowest BCUT2D eigenvalue weighted by atomic mass is 10.1. The summed E-state index contributed by atoms with van der Waals surface area (Å²) < 4.78 is 5.52. The molecule has 0 fully saturated rings. The van der Waals surface area contributed by atoms with Gasteiger partial charge in [-0.15, -0.1) is 0 Å². The molecule has 2 nitrogen and oxygen atoms in total. The molecule has 1 aromatic carbocycles. The maximum absolute atomic E-state index is 11.1. The van der Waals surface area contributed by atoms with Crippen LogP contribution in [0.2, 0.25) is 0 Å². The first-order valence-corrected chi connectivity index (χ1v) is 5.17. The zero-order chi connectivity index (χ0) is 11.6. The zero-order valence-corrected chi connectivity index (χ0v) is 10.2. The van der Waals surface area contributed by atoms with Gasteiger partial charge in [-0.2, -0.15) is 0 Å². The molecule has 0 unspecified atom stereocenters. The Balaban J connectivity index is 2.91. The fraction of sp³-hybridized carbons (Fsp3) is 0.417. The molecule has 0 atom stereocenters. The van der Waals surface area contributed by atoms with Gasteiger partial charge in [0.2, 0.25) is 0 Å². The van der Waals surface area contributed by atoms with Gasteiger partial charge in [0.25, 0.3) is 5.24 Å². The molecular formula is C12H15ClO2. The predicted octanol–water partition coefficient (Wildman–Crippen LogP) is 3.23. The van der Waals surface area contributed by atoms with Crippen LogP contribution in [0.4, 0.5) is 0 Å². The molecule has 0 amide bonds. The second kappa shape index (κ2) is 4.23. The summed E-state index contributed by atoms with van der Waals surface area (Å²) in [6.07, 6.45) is 0. The summed E-state index contributed by atoms with van der Waals surface area (Å²) in [5.41, 5.74) is 1.34. The van der Waals surface area contributed by atoms with Crippen LogP contribution in [0, 0.1) is 13.8 Å². The van der Waals surface area contributed by atoms with Gasteiger partial charge in [-0.3, -0.25) is 4.79 Å². The van der Waals surface area contributed by atoms with Crippen molar-refractivity contribution < 1.29 is 9.53 Å². The van der Waals surface area contributed by atoms with Crippen LogP contribution in [-0.4, -0.2) is 10.8 Å². The number of carbonyl (C=O) groups is 1. The molecule has 0 radical (unpaired) electrons. The summed E-state index contributed by atoms with van der Waals surface area (Å²) in [4.78, 5) is 11.1. The van der Waals surface area contributed by atoms with Gasteiger partial charge in [0.15, 0.2) is 5.60 Å². The van der Waals surface area contributed by atoms with Gasteiger partial charge < -0.3 is 4.74 Å². The first-order chi connectivity index (χ1) is 6.83. The third-order valence-electron chi connectivity index (χ3n) is 2.32. The van der Waals surface area contributed by atoms with Crippen LogP contribution in [0.25, 0.3) is 0 Å². The molecule has 0 saturated heterocycles. The first kappa shape index (κ1) is 12.1.